The second-order valence-corrected chi connectivity index (χ2v) is 2.72. The molecule has 1 aromatic heterocycles. The Hall–Kier alpha value is -0.620. The van der Waals surface area contributed by atoms with E-state index in [2.05, 4.69) is 15.2 Å². The molecule has 6 heteroatoms. The highest BCUT2D eigenvalue weighted by Crippen LogP contribution is 2.06. The number of nitrogens with one attached hydrogen (secondary N) is 1. The van der Waals surface area contributed by atoms with Crippen LogP contribution >= 0.6 is 24.0 Å². The summed E-state index contributed by atoms with van der Waals surface area (Å²) in [7, 11) is 0. The summed E-state index contributed by atoms with van der Waals surface area (Å²) in [5, 5.41) is 7.03. The molecule has 0 aliphatic carbocycles. The molecule has 0 radical (unpaired) electrons. The van der Waals surface area contributed by atoms with Crippen LogP contribution in [0, 0.1) is 4.64 Å². The molecule has 1 rings (SSSR count). The molecule has 0 saturated carbocycles. The lowest BCUT2D eigenvalue weighted by Gasteiger charge is -1.94. The molecule has 4 nitrogen and oxygen atoms in total. The highest BCUT2D eigenvalue weighted by atomic mass is 32.2. The fourth-order valence-electron chi connectivity index (χ4n) is 0.422. The monoisotopic (exact) mass is 174 g/mol. The maximum atomic E-state index is 5.33. The largest absolute Gasteiger partial charge is 0.380 e. The first-order valence-electron chi connectivity index (χ1n) is 2.50. The van der Waals surface area contributed by atoms with E-state index in [1.54, 1.807) is 0 Å². The molecule has 1 heterocycles. The molecule has 0 amide bonds. The molecule has 0 saturated heterocycles. The average Bonchev–Trinajstić information content (AvgIpc) is 1.95. The molecule has 54 valence electrons. The summed E-state index contributed by atoms with van der Waals surface area (Å²) in [5.74, 6) is 0.271. The highest BCUT2D eigenvalue weighted by molar-refractivity contribution is 7.98. The molecule has 0 bridgehead atoms. The Kier molecular flexibility index (Phi) is 2.23. The van der Waals surface area contributed by atoms with E-state index in [1.807, 2.05) is 6.26 Å². The van der Waals surface area contributed by atoms with Crippen molar-refractivity contribution >= 4 is 29.8 Å². The molecule has 0 aliphatic heterocycles. The first-order chi connectivity index (χ1) is 4.74. The van der Waals surface area contributed by atoms with E-state index in [4.69, 9.17) is 18.0 Å². The molecule has 3 N–H and O–H groups in total. The number of rotatable bonds is 1. The molecule has 10 heavy (non-hydrogen) atoms. The summed E-state index contributed by atoms with van der Waals surface area (Å²) >= 11 is 6.22. The van der Waals surface area contributed by atoms with E-state index in [0.29, 0.717) is 9.80 Å². The van der Waals surface area contributed by atoms with Crippen LogP contribution in [-0.2, 0) is 0 Å². The summed E-state index contributed by atoms with van der Waals surface area (Å²) < 4.78 is 0.350. The molecule has 0 atom stereocenters. The maximum Gasteiger partial charge on any atom is 0.183 e. The Morgan fingerprint density at radius 1 is 1.70 bits per heavy atom. The van der Waals surface area contributed by atoms with E-state index in [0.717, 1.165) is 0 Å². The first kappa shape index (κ1) is 7.49. The van der Waals surface area contributed by atoms with Gasteiger partial charge in [-0.3, -0.25) is 5.10 Å². The fraction of sp³-hybridized carbons (Fsp3) is 0.250. The van der Waals surface area contributed by atoms with Gasteiger partial charge in [0, 0.05) is 0 Å². The van der Waals surface area contributed by atoms with Crippen LogP contribution in [0.15, 0.2) is 5.16 Å². The molecule has 0 aromatic carbocycles. The Labute approximate surface area is 67.2 Å². The number of nitrogens with zero attached hydrogens (tertiary/aromatic N) is 2. The zero-order valence-corrected chi connectivity index (χ0v) is 6.92. The van der Waals surface area contributed by atoms with Crippen LogP contribution in [-0.4, -0.2) is 21.4 Å². The van der Waals surface area contributed by atoms with E-state index >= 15 is 0 Å². The molecular weight excluding hydrogens is 168 g/mol. The SMILES string of the molecule is CSc1nc(=S)c(N)n[nH]1. The molecule has 0 spiro atoms. The second-order valence-electron chi connectivity index (χ2n) is 1.54. The van der Waals surface area contributed by atoms with Crippen molar-refractivity contribution in [2.45, 2.75) is 5.16 Å². The Bertz CT molecular complexity index is 281. The number of thioether (sulfide) groups is 1. The Balaban J connectivity index is 3.17. The van der Waals surface area contributed by atoms with Crippen LogP contribution in [0.5, 0.6) is 0 Å². The Morgan fingerprint density at radius 2 is 2.40 bits per heavy atom. The van der Waals surface area contributed by atoms with Gasteiger partial charge in [-0.05, 0) is 6.26 Å². The average molecular weight is 174 g/mol. The minimum absolute atomic E-state index is 0.271. The predicted molar refractivity (Wildman–Crippen MR) is 43.4 cm³/mol. The van der Waals surface area contributed by atoms with Gasteiger partial charge in [-0.2, -0.15) is 5.10 Å². The van der Waals surface area contributed by atoms with Gasteiger partial charge >= 0.3 is 0 Å². The molecule has 1 aromatic rings. The number of nitrogens with two attached hydrogens (primary N) is 1. The van der Waals surface area contributed by atoms with Crippen molar-refractivity contribution in [2.75, 3.05) is 12.0 Å². The van der Waals surface area contributed by atoms with Gasteiger partial charge in [-0.1, -0.05) is 24.0 Å². The number of nitrogen functional groups attached to an aromatic ring is 1. The number of hydrogen-bond donors (Lipinski definition) is 2. The van der Waals surface area contributed by atoms with Gasteiger partial charge in [-0.25, -0.2) is 4.98 Å². The minimum Gasteiger partial charge on any atom is -0.380 e. The summed E-state index contributed by atoms with van der Waals surface area (Å²) in [6.45, 7) is 0. The van der Waals surface area contributed by atoms with Crippen molar-refractivity contribution in [3.8, 4) is 0 Å². The maximum absolute atomic E-state index is 5.33. The molecule has 0 fully saturated rings. The third-order valence-electron chi connectivity index (χ3n) is 0.888. The first-order valence-corrected chi connectivity index (χ1v) is 4.13. The van der Waals surface area contributed by atoms with Crippen LogP contribution < -0.4 is 5.73 Å². The zero-order chi connectivity index (χ0) is 7.56. The van der Waals surface area contributed by atoms with Crippen molar-refractivity contribution < 1.29 is 0 Å². The van der Waals surface area contributed by atoms with Crippen LogP contribution in [0.4, 0.5) is 5.82 Å². The van der Waals surface area contributed by atoms with E-state index in [-0.39, 0.29) is 5.82 Å². The van der Waals surface area contributed by atoms with Crippen LogP contribution in [0.25, 0.3) is 0 Å². The van der Waals surface area contributed by atoms with Gasteiger partial charge in [0.1, 0.15) is 0 Å². The lowest BCUT2D eigenvalue weighted by atomic mass is 10.8. The topological polar surface area (TPSA) is 67.6 Å². The molecular formula is C4H6N4S2. The van der Waals surface area contributed by atoms with Gasteiger partial charge < -0.3 is 5.73 Å². The van der Waals surface area contributed by atoms with Gasteiger partial charge in [-0.15, -0.1) is 0 Å². The molecule has 0 unspecified atom stereocenters. The smallest absolute Gasteiger partial charge is 0.183 e. The van der Waals surface area contributed by atoms with Gasteiger partial charge in [0.25, 0.3) is 0 Å². The van der Waals surface area contributed by atoms with Crippen molar-refractivity contribution in [1.82, 2.24) is 15.2 Å². The number of anilines is 1. The summed E-state index contributed by atoms with van der Waals surface area (Å²) in [6, 6.07) is 0. The summed E-state index contributed by atoms with van der Waals surface area (Å²) in [6.07, 6.45) is 1.88. The van der Waals surface area contributed by atoms with Crippen molar-refractivity contribution in [3.63, 3.8) is 0 Å². The summed E-state index contributed by atoms with van der Waals surface area (Å²) in [4.78, 5) is 3.93. The number of aromatic amines is 1. The van der Waals surface area contributed by atoms with Crippen LogP contribution in [0.3, 0.4) is 0 Å². The van der Waals surface area contributed by atoms with Crippen molar-refractivity contribution in [1.29, 1.82) is 0 Å². The van der Waals surface area contributed by atoms with Gasteiger partial charge in [0.05, 0.1) is 0 Å². The van der Waals surface area contributed by atoms with Crippen LogP contribution in [0.2, 0.25) is 0 Å². The third kappa shape index (κ3) is 1.45. The zero-order valence-electron chi connectivity index (χ0n) is 5.29. The highest BCUT2D eigenvalue weighted by Gasteiger charge is 1.93. The lowest BCUT2D eigenvalue weighted by Crippen LogP contribution is -1.97. The number of hydrogen-bond acceptors (Lipinski definition) is 5. The fourth-order valence-corrected chi connectivity index (χ4v) is 0.936. The molecule has 0 aliphatic rings. The third-order valence-corrected chi connectivity index (χ3v) is 1.76. The van der Waals surface area contributed by atoms with Crippen molar-refractivity contribution in [3.05, 3.63) is 4.64 Å². The minimum atomic E-state index is 0.271. The normalized spacial score (nSPS) is 9.70. The quantitative estimate of drug-likeness (QED) is 0.488. The van der Waals surface area contributed by atoms with Crippen molar-refractivity contribution in [2.24, 2.45) is 0 Å². The van der Waals surface area contributed by atoms with Crippen LogP contribution in [0.1, 0.15) is 0 Å². The number of H-pyrrole nitrogens is 1. The number of aromatic nitrogens is 3. The predicted octanol–water partition coefficient (Wildman–Crippen LogP) is 0.838. The van der Waals surface area contributed by atoms with Gasteiger partial charge in [0.15, 0.2) is 15.6 Å². The Morgan fingerprint density at radius 3 is 2.90 bits per heavy atom. The lowest BCUT2D eigenvalue weighted by molar-refractivity contribution is 0.842. The standard InChI is InChI=1S/C4H6N4S2/c1-10-4-6-3(9)2(5)7-8-4/h1H3,(H2,5,7)(H,6,8,9). The van der Waals surface area contributed by atoms with Gasteiger partial charge in [0.2, 0.25) is 0 Å². The van der Waals surface area contributed by atoms with E-state index < -0.39 is 0 Å². The van der Waals surface area contributed by atoms with E-state index in [9.17, 15) is 0 Å². The van der Waals surface area contributed by atoms with E-state index in [1.165, 1.54) is 11.8 Å². The second kappa shape index (κ2) is 2.98. The summed E-state index contributed by atoms with van der Waals surface area (Å²) in [5.41, 5.74) is 5.33.